The quantitative estimate of drug-likeness (QED) is 0.519. The first-order chi connectivity index (χ1) is 8.65. The number of nitrogens with one attached hydrogen (secondary N) is 1. The third-order valence-electron chi connectivity index (χ3n) is 2.16. The number of halogens is 1. The molecule has 0 spiro atoms. The zero-order valence-electron chi connectivity index (χ0n) is 9.17. The number of hydrogen-bond acceptors (Lipinski definition) is 6. The molecule has 2 heterocycles. The van der Waals surface area contributed by atoms with E-state index in [4.69, 9.17) is 11.6 Å². The van der Waals surface area contributed by atoms with Gasteiger partial charge in [-0.25, -0.2) is 9.97 Å². The molecule has 6 nitrogen and oxygen atoms in total. The molecule has 0 aromatic carbocycles. The molecule has 18 heavy (non-hydrogen) atoms. The van der Waals surface area contributed by atoms with Crippen molar-refractivity contribution in [3.63, 3.8) is 0 Å². The van der Waals surface area contributed by atoms with Gasteiger partial charge < -0.3 is 5.32 Å². The van der Waals surface area contributed by atoms with Crippen LogP contribution in [0, 0.1) is 10.1 Å². The number of pyridine rings is 1. The van der Waals surface area contributed by atoms with Crippen LogP contribution in [0.2, 0.25) is 5.15 Å². The summed E-state index contributed by atoms with van der Waals surface area (Å²) in [7, 11) is 0. The van der Waals surface area contributed by atoms with Gasteiger partial charge in [-0.3, -0.25) is 10.1 Å². The van der Waals surface area contributed by atoms with E-state index >= 15 is 0 Å². The average Bonchev–Trinajstić information content (AvgIpc) is 2.81. The molecule has 0 atom stereocenters. The first kappa shape index (κ1) is 12.7. The molecule has 0 fully saturated rings. The standard InChI is InChI=1S/C10H9ClN4O2S/c11-9-3-8(15(16)17)4-10(14-9)12-2-1-7-5-18-6-13-7/h3-6H,1-2H2,(H,12,14). The van der Waals surface area contributed by atoms with E-state index < -0.39 is 4.92 Å². The van der Waals surface area contributed by atoms with Gasteiger partial charge in [0.15, 0.2) is 0 Å². The highest BCUT2D eigenvalue weighted by Gasteiger charge is 2.09. The highest BCUT2D eigenvalue weighted by atomic mass is 35.5. The first-order valence-electron chi connectivity index (χ1n) is 5.08. The zero-order valence-corrected chi connectivity index (χ0v) is 10.7. The van der Waals surface area contributed by atoms with Crippen molar-refractivity contribution in [2.45, 2.75) is 6.42 Å². The third-order valence-corrected chi connectivity index (χ3v) is 2.99. The van der Waals surface area contributed by atoms with Crippen molar-refractivity contribution in [1.82, 2.24) is 9.97 Å². The lowest BCUT2D eigenvalue weighted by Gasteiger charge is -2.04. The summed E-state index contributed by atoms with van der Waals surface area (Å²) in [5.74, 6) is 0.393. The van der Waals surface area contributed by atoms with Gasteiger partial charge in [-0.2, -0.15) is 0 Å². The molecule has 0 radical (unpaired) electrons. The number of nitro groups is 1. The van der Waals surface area contributed by atoms with Crippen LogP contribution in [0.4, 0.5) is 11.5 Å². The maximum Gasteiger partial charge on any atom is 0.276 e. The number of anilines is 1. The highest BCUT2D eigenvalue weighted by Crippen LogP contribution is 2.20. The first-order valence-corrected chi connectivity index (χ1v) is 6.40. The van der Waals surface area contributed by atoms with Crippen LogP contribution in [0.25, 0.3) is 0 Å². The van der Waals surface area contributed by atoms with Gasteiger partial charge in [0.25, 0.3) is 5.69 Å². The molecule has 0 saturated heterocycles. The topological polar surface area (TPSA) is 81.0 Å². The van der Waals surface area contributed by atoms with Gasteiger partial charge in [0, 0.05) is 18.3 Å². The van der Waals surface area contributed by atoms with Crippen molar-refractivity contribution >= 4 is 34.4 Å². The molecule has 2 aromatic heterocycles. The summed E-state index contributed by atoms with van der Waals surface area (Å²) in [6.07, 6.45) is 0.728. The molecule has 0 bridgehead atoms. The van der Waals surface area contributed by atoms with Crippen molar-refractivity contribution in [2.75, 3.05) is 11.9 Å². The molecule has 0 aliphatic carbocycles. The molecule has 0 unspecified atom stereocenters. The molecule has 0 aliphatic heterocycles. The Bertz CT molecular complexity index is 547. The summed E-state index contributed by atoms with van der Waals surface area (Å²) in [4.78, 5) is 18.2. The minimum absolute atomic E-state index is 0.0776. The summed E-state index contributed by atoms with van der Waals surface area (Å²) < 4.78 is 0. The summed E-state index contributed by atoms with van der Waals surface area (Å²) >= 11 is 7.24. The zero-order chi connectivity index (χ0) is 13.0. The van der Waals surface area contributed by atoms with Crippen LogP contribution < -0.4 is 5.32 Å². The molecule has 2 aromatic rings. The Hall–Kier alpha value is -1.73. The Kier molecular flexibility index (Phi) is 4.06. The Balaban J connectivity index is 1.98. The Morgan fingerprint density at radius 1 is 1.50 bits per heavy atom. The van der Waals surface area contributed by atoms with Crippen LogP contribution in [0.15, 0.2) is 23.0 Å². The van der Waals surface area contributed by atoms with Crippen LogP contribution in [0.5, 0.6) is 0 Å². The fraction of sp³-hybridized carbons (Fsp3) is 0.200. The van der Waals surface area contributed by atoms with Gasteiger partial charge in [0.1, 0.15) is 11.0 Å². The van der Waals surface area contributed by atoms with E-state index in [-0.39, 0.29) is 10.8 Å². The lowest BCUT2D eigenvalue weighted by molar-refractivity contribution is -0.384. The lowest BCUT2D eigenvalue weighted by atomic mass is 10.3. The monoisotopic (exact) mass is 284 g/mol. The predicted octanol–water partition coefficient (Wildman–Crippen LogP) is 2.75. The van der Waals surface area contributed by atoms with Gasteiger partial charge >= 0.3 is 0 Å². The van der Waals surface area contributed by atoms with Crippen molar-refractivity contribution in [2.24, 2.45) is 0 Å². The molecule has 0 amide bonds. The Labute approximate surface area is 112 Å². The molecule has 2 rings (SSSR count). The van der Waals surface area contributed by atoms with E-state index in [2.05, 4.69) is 15.3 Å². The van der Waals surface area contributed by atoms with Crippen molar-refractivity contribution in [3.05, 3.63) is 44.0 Å². The lowest BCUT2D eigenvalue weighted by Crippen LogP contribution is -2.07. The summed E-state index contributed by atoms with van der Waals surface area (Å²) in [5, 5.41) is 15.7. The predicted molar refractivity (Wildman–Crippen MR) is 70.2 cm³/mol. The van der Waals surface area contributed by atoms with Crippen LogP contribution in [-0.4, -0.2) is 21.4 Å². The molecule has 94 valence electrons. The molecule has 1 N–H and O–H groups in total. The Morgan fingerprint density at radius 2 is 2.33 bits per heavy atom. The molecule has 0 saturated carbocycles. The second kappa shape index (κ2) is 5.74. The molecule has 8 heteroatoms. The number of hydrogen-bond donors (Lipinski definition) is 1. The normalized spacial score (nSPS) is 10.3. The maximum atomic E-state index is 10.6. The number of aromatic nitrogens is 2. The second-order valence-electron chi connectivity index (χ2n) is 3.45. The van der Waals surface area contributed by atoms with E-state index in [0.717, 1.165) is 12.1 Å². The Morgan fingerprint density at radius 3 is 3.00 bits per heavy atom. The minimum Gasteiger partial charge on any atom is -0.369 e. The average molecular weight is 285 g/mol. The summed E-state index contributed by atoms with van der Waals surface area (Å²) in [5.41, 5.74) is 2.66. The maximum absolute atomic E-state index is 10.6. The van der Waals surface area contributed by atoms with E-state index in [9.17, 15) is 10.1 Å². The second-order valence-corrected chi connectivity index (χ2v) is 4.55. The third kappa shape index (κ3) is 3.38. The fourth-order valence-corrected chi connectivity index (χ4v) is 2.15. The minimum atomic E-state index is -0.501. The fourth-order valence-electron chi connectivity index (χ4n) is 1.36. The van der Waals surface area contributed by atoms with E-state index in [0.29, 0.717) is 12.4 Å². The highest BCUT2D eigenvalue weighted by molar-refractivity contribution is 7.07. The summed E-state index contributed by atoms with van der Waals surface area (Å²) in [6, 6.07) is 2.57. The van der Waals surface area contributed by atoms with E-state index in [1.807, 2.05) is 5.38 Å². The van der Waals surface area contributed by atoms with Crippen LogP contribution in [-0.2, 0) is 6.42 Å². The largest absolute Gasteiger partial charge is 0.369 e. The van der Waals surface area contributed by atoms with Crippen molar-refractivity contribution in [3.8, 4) is 0 Å². The van der Waals surface area contributed by atoms with Gasteiger partial charge in [-0.05, 0) is 0 Å². The molecule has 0 aliphatic rings. The van der Waals surface area contributed by atoms with Crippen molar-refractivity contribution < 1.29 is 4.92 Å². The SMILES string of the molecule is O=[N+]([O-])c1cc(Cl)nc(NCCc2cscn2)c1. The van der Waals surface area contributed by atoms with Crippen LogP contribution in [0.3, 0.4) is 0 Å². The van der Waals surface area contributed by atoms with Gasteiger partial charge in [-0.15, -0.1) is 11.3 Å². The molecular formula is C10H9ClN4O2S. The number of nitrogens with zero attached hydrogens (tertiary/aromatic N) is 3. The molecular weight excluding hydrogens is 276 g/mol. The van der Waals surface area contributed by atoms with E-state index in [1.54, 1.807) is 5.51 Å². The van der Waals surface area contributed by atoms with Gasteiger partial charge in [0.2, 0.25) is 0 Å². The smallest absolute Gasteiger partial charge is 0.276 e. The van der Waals surface area contributed by atoms with Gasteiger partial charge in [-0.1, -0.05) is 11.6 Å². The van der Waals surface area contributed by atoms with Crippen LogP contribution in [0.1, 0.15) is 5.69 Å². The van der Waals surface area contributed by atoms with Gasteiger partial charge in [0.05, 0.1) is 28.3 Å². The number of thiazole rings is 1. The summed E-state index contributed by atoms with van der Waals surface area (Å²) in [6.45, 7) is 0.591. The van der Waals surface area contributed by atoms with Crippen molar-refractivity contribution in [1.29, 1.82) is 0 Å². The number of rotatable bonds is 5. The van der Waals surface area contributed by atoms with Crippen LogP contribution >= 0.6 is 22.9 Å². The van der Waals surface area contributed by atoms with E-state index in [1.165, 1.54) is 23.5 Å².